The highest BCUT2D eigenvalue weighted by atomic mass is 19.4. The molecule has 1 rings (SSSR count). The van der Waals surface area contributed by atoms with E-state index in [2.05, 4.69) is 14.5 Å². The van der Waals surface area contributed by atoms with Crippen molar-refractivity contribution >= 4 is 6.47 Å². The zero-order valence-corrected chi connectivity index (χ0v) is 6.62. The van der Waals surface area contributed by atoms with Crippen LogP contribution in [0.5, 0.6) is 11.6 Å². The number of ether oxygens (including phenoxy) is 2. The predicted molar refractivity (Wildman–Crippen MR) is 37.6 cm³/mol. The number of hydrogen-bond donors (Lipinski definition) is 0. The molecule has 0 saturated heterocycles. The minimum absolute atomic E-state index is 0.0553. The van der Waals surface area contributed by atoms with Crippen molar-refractivity contribution in [2.75, 3.05) is 0 Å². The molecule has 0 amide bonds. The maximum Gasteiger partial charge on any atom is 0.573 e. The van der Waals surface area contributed by atoms with E-state index in [-0.39, 0.29) is 12.4 Å². The van der Waals surface area contributed by atoms with E-state index in [0.29, 0.717) is 0 Å². The molecule has 0 aromatic carbocycles. The van der Waals surface area contributed by atoms with Crippen LogP contribution >= 0.6 is 0 Å². The minimum atomic E-state index is -4.78. The molecular formula is C7H4F3NO3. The van der Waals surface area contributed by atoms with Gasteiger partial charge in [-0.15, -0.1) is 13.2 Å². The topological polar surface area (TPSA) is 48.4 Å². The zero-order chi connectivity index (χ0) is 10.6. The molecule has 4 nitrogen and oxygen atoms in total. The first-order valence-electron chi connectivity index (χ1n) is 3.33. The predicted octanol–water partition coefficient (Wildman–Crippen LogP) is 1.52. The first-order valence-corrected chi connectivity index (χ1v) is 3.33. The number of carbonyl (C=O) groups is 1. The Kier molecular flexibility index (Phi) is 2.90. The van der Waals surface area contributed by atoms with Crippen LogP contribution in [0, 0.1) is 0 Å². The van der Waals surface area contributed by atoms with Gasteiger partial charge < -0.3 is 9.47 Å². The van der Waals surface area contributed by atoms with Crippen molar-refractivity contribution in [1.29, 1.82) is 0 Å². The summed E-state index contributed by atoms with van der Waals surface area (Å²) >= 11 is 0. The van der Waals surface area contributed by atoms with Gasteiger partial charge in [-0.05, 0) is 6.07 Å². The van der Waals surface area contributed by atoms with Crippen LogP contribution in [0.25, 0.3) is 0 Å². The largest absolute Gasteiger partial charge is 0.573 e. The summed E-state index contributed by atoms with van der Waals surface area (Å²) < 4.78 is 42.9. The maximum atomic E-state index is 11.7. The van der Waals surface area contributed by atoms with E-state index in [0.717, 1.165) is 18.3 Å². The lowest BCUT2D eigenvalue weighted by Crippen LogP contribution is -2.17. The Bertz CT molecular complexity index is 326. The fraction of sp³-hybridized carbons (Fsp3) is 0.143. The molecular weight excluding hydrogens is 203 g/mol. The molecule has 1 aromatic heterocycles. The number of nitrogens with zero attached hydrogens (tertiary/aromatic N) is 1. The number of halogens is 3. The Morgan fingerprint density at radius 2 is 2.14 bits per heavy atom. The molecule has 0 aliphatic rings. The molecule has 0 aliphatic heterocycles. The second-order valence-electron chi connectivity index (χ2n) is 2.09. The normalized spacial score (nSPS) is 10.8. The fourth-order valence-electron chi connectivity index (χ4n) is 0.702. The first kappa shape index (κ1) is 10.3. The van der Waals surface area contributed by atoms with Crippen molar-refractivity contribution in [1.82, 2.24) is 4.98 Å². The summed E-state index contributed by atoms with van der Waals surface area (Å²) in [6.07, 6.45) is -3.75. The highest BCUT2D eigenvalue weighted by Crippen LogP contribution is 2.24. The van der Waals surface area contributed by atoms with Gasteiger partial charge in [-0.3, -0.25) is 4.79 Å². The van der Waals surface area contributed by atoms with Gasteiger partial charge >= 0.3 is 6.36 Å². The van der Waals surface area contributed by atoms with Crippen LogP contribution in [-0.4, -0.2) is 17.8 Å². The molecule has 0 radical (unpaired) electrons. The summed E-state index contributed by atoms with van der Waals surface area (Å²) in [7, 11) is 0. The van der Waals surface area contributed by atoms with E-state index in [1.165, 1.54) is 0 Å². The van der Waals surface area contributed by atoms with E-state index in [4.69, 9.17) is 0 Å². The molecule has 0 spiro atoms. The van der Waals surface area contributed by atoms with E-state index in [1.807, 2.05) is 0 Å². The standard InChI is InChI=1S/C7H4F3NO3/c8-7(9,10)14-5-1-2-11-6(3-5)13-4-12/h1-4H. The van der Waals surface area contributed by atoms with Crippen LogP contribution in [0.2, 0.25) is 0 Å². The molecule has 1 heterocycles. The van der Waals surface area contributed by atoms with Crippen LogP contribution in [0.3, 0.4) is 0 Å². The molecule has 14 heavy (non-hydrogen) atoms. The lowest BCUT2D eigenvalue weighted by atomic mass is 10.4. The molecule has 0 saturated carbocycles. The highest BCUT2D eigenvalue weighted by Gasteiger charge is 2.31. The molecule has 1 aromatic rings. The van der Waals surface area contributed by atoms with Crippen LogP contribution in [0.1, 0.15) is 0 Å². The van der Waals surface area contributed by atoms with Crippen molar-refractivity contribution < 1.29 is 27.4 Å². The number of hydrogen-bond acceptors (Lipinski definition) is 4. The minimum Gasteiger partial charge on any atom is -0.410 e. The summed E-state index contributed by atoms with van der Waals surface area (Å²) in [5.74, 6) is -0.758. The summed E-state index contributed by atoms with van der Waals surface area (Å²) in [6.45, 7) is 0.0553. The van der Waals surface area contributed by atoms with E-state index in [1.54, 1.807) is 0 Å². The van der Waals surface area contributed by atoms with Crippen molar-refractivity contribution in [2.45, 2.75) is 6.36 Å². The quantitative estimate of drug-likeness (QED) is 0.705. The van der Waals surface area contributed by atoms with Crippen molar-refractivity contribution in [3.8, 4) is 11.6 Å². The van der Waals surface area contributed by atoms with Gasteiger partial charge in [0.05, 0.1) is 0 Å². The van der Waals surface area contributed by atoms with Crippen LogP contribution in [-0.2, 0) is 4.79 Å². The molecule has 0 aliphatic carbocycles. The fourth-order valence-corrected chi connectivity index (χ4v) is 0.702. The third kappa shape index (κ3) is 3.30. The van der Waals surface area contributed by atoms with E-state index in [9.17, 15) is 18.0 Å². The van der Waals surface area contributed by atoms with Crippen molar-refractivity contribution in [2.24, 2.45) is 0 Å². The SMILES string of the molecule is O=COc1cc(OC(F)(F)F)ccn1. The average molecular weight is 207 g/mol. The molecule has 0 unspecified atom stereocenters. The number of alkyl halides is 3. The molecule has 0 fully saturated rings. The first-order chi connectivity index (χ1) is 6.51. The summed E-state index contributed by atoms with van der Waals surface area (Å²) in [4.78, 5) is 13.3. The third-order valence-electron chi connectivity index (χ3n) is 1.11. The number of rotatable bonds is 3. The number of aromatic nitrogens is 1. The number of carbonyl (C=O) groups excluding carboxylic acids is 1. The lowest BCUT2D eigenvalue weighted by Gasteiger charge is -2.08. The van der Waals surface area contributed by atoms with Gasteiger partial charge in [-0.2, -0.15) is 0 Å². The summed E-state index contributed by atoms with van der Waals surface area (Å²) in [6, 6.07) is 1.84. The van der Waals surface area contributed by atoms with Crippen LogP contribution in [0.15, 0.2) is 18.3 Å². The Labute approximate surface area is 76.3 Å². The van der Waals surface area contributed by atoms with Gasteiger partial charge in [0.1, 0.15) is 5.75 Å². The van der Waals surface area contributed by atoms with Gasteiger partial charge in [-0.25, -0.2) is 4.98 Å². The van der Waals surface area contributed by atoms with Gasteiger partial charge in [0.15, 0.2) is 0 Å². The summed E-state index contributed by atoms with van der Waals surface area (Å²) in [5, 5.41) is 0. The van der Waals surface area contributed by atoms with Crippen molar-refractivity contribution in [3.05, 3.63) is 18.3 Å². The second-order valence-corrected chi connectivity index (χ2v) is 2.09. The Balaban J connectivity index is 2.78. The molecule has 7 heteroatoms. The van der Waals surface area contributed by atoms with E-state index < -0.39 is 12.1 Å². The Hall–Kier alpha value is -1.79. The number of pyridine rings is 1. The lowest BCUT2D eigenvalue weighted by molar-refractivity contribution is -0.274. The molecule has 76 valence electrons. The third-order valence-corrected chi connectivity index (χ3v) is 1.11. The van der Waals surface area contributed by atoms with Crippen LogP contribution in [0.4, 0.5) is 13.2 Å². The highest BCUT2D eigenvalue weighted by molar-refractivity contribution is 5.43. The monoisotopic (exact) mass is 207 g/mol. The average Bonchev–Trinajstić information content (AvgIpc) is 2.02. The van der Waals surface area contributed by atoms with Gasteiger partial charge in [-0.1, -0.05) is 0 Å². The van der Waals surface area contributed by atoms with Gasteiger partial charge in [0.2, 0.25) is 5.88 Å². The smallest absolute Gasteiger partial charge is 0.410 e. The zero-order valence-electron chi connectivity index (χ0n) is 6.62. The molecule has 0 bridgehead atoms. The van der Waals surface area contributed by atoms with E-state index >= 15 is 0 Å². The summed E-state index contributed by atoms with van der Waals surface area (Å²) in [5.41, 5.74) is 0. The second kappa shape index (κ2) is 3.95. The van der Waals surface area contributed by atoms with Crippen LogP contribution < -0.4 is 9.47 Å². The van der Waals surface area contributed by atoms with Crippen molar-refractivity contribution in [3.63, 3.8) is 0 Å². The Morgan fingerprint density at radius 3 is 2.71 bits per heavy atom. The Morgan fingerprint density at radius 1 is 1.43 bits per heavy atom. The molecule has 0 N–H and O–H groups in total. The maximum absolute atomic E-state index is 11.7. The van der Waals surface area contributed by atoms with Gasteiger partial charge in [0.25, 0.3) is 6.47 Å². The molecule has 0 atom stereocenters. The van der Waals surface area contributed by atoms with Gasteiger partial charge in [0, 0.05) is 12.3 Å².